The van der Waals surface area contributed by atoms with Crippen LogP contribution < -0.4 is 10.6 Å². The monoisotopic (exact) mass is 539 g/mol. The number of carbonyl (C=O) groups is 2. The lowest BCUT2D eigenvalue weighted by Crippen LogP contribution is -2.34. The van der Waals surface area contributed by atoms with E-state index in [9.17, 15) is 9.59 Å². The second-order valence-corrected chi connectivity index (χ2v) is 10.7. The molecule has 1 aliphatic rings. The van der Waals surface area contributed by atoms with Crippen molar-refractivity contribution in [2.45, 2.75) is 59.0 Å². The van der Waals surface area contributed by atoms with Crippen LogP contribution in [0.1, 0.15) is 73.0 Å². The lowest BCUT2D eigenvalue weighted by Gasteiger charge is -2.30. The van der Waals surface area contributed by atoms with Crippen LogP contribution >= 0.6 is 0 Å². The second kappa shape index (κ2) is 12.4. The Labute approximate surface area is 234 Å². The van der Waals surface area contributed by atoms with Crippen LogP contribution in [0.3, 0.4) is 0 Å². The van der Waals surface area contributed by atoms with Crippen molar-refractivity contribution in [1.29, 1.82) is 0 Å². The lowest BCUT2D eigenvalue weighted by atomic mass is 9.98. The van der Waals surface area contributed by atoms with Crippen LogP contribution in [0.25, 0.3) is 22.0 Å². The van der Waals surface area contributed by atoms with Crippen molar-refractivity contribution in [3.63, 3.8) is 0 Å². The Morgan fingerprint density at radius 1 is 1.00 bits per heavy atom. The molecule has 4 heterocycles. The molecular weight excluding hydrogens is 502 g/mol. The molecule has 0 aliphatic carbocycles. The van der Waals surface area contributed by atoms with E-state index in [0.717, 1.165) is 60.4 Å². The van der Waals surface area contributed by atoms with Crippen LogP contribution in [0, 0.1) is 5.92 Å². The van der Waals surface area contributed by atoms with E-state index in [0.29, 0.717) is 17.1 Å². The molecule has 9 heteroatoms. The fourth-order valence-corrected chi connectivity index (χ4v) is 5.12. The van der Waals surface area contributed by atoms with Crippen LogP contribution in [0.5, 0.6) is 0 Å². The highest BCUT2D eigenvalue weighted by Gasteiger charge is 2.18. The highest BCUT2D eigenvalue weighted by Crippen LogP contribution is 2.27. The van der Waals surface area contributed by atoms with E-state index in [-0.39, 0.29) is 17.9 Å². The summed E-state index contributed by atoms with van der Waals surface area (Å²) in [5.41, 5.74) is 5.02. The third-order valence-electron chi connectivity index (χ3n) is 7.76. The number of piperidine rings is 1. The zero-order valence-electron chi connectivity index (χ0n) is 23.4. The zero-order valence-corrected chi connectivity index (χ0v) is 23.4. The summed E-state index contributed by atoms with van der Waals surface area (Å²) < 4.78 is 0. The Bertz CT molecular complexity index is 1470. The molecule has 1 fully saturated rings. The molecule has 5 rings (SSSR count). The molecule has 0 spiro atoms. The van der Waals surface area contributed by atoms with Crippen molar-refractivity contribution in [3.05, 3.63) is 71.9 Å². The molecule has 1 aliphatic heterocycles. The molecule has 9 nitrogen and oxygen atoms in total. The van der Waals surface area contributed by atoms with E-state index >= 15 is 0 Å². The standard InChI is InChI=1S/C31H37N7O2/c1-4-24(5-2)34-30(39)28-9-7-25(18-33-28)35-31(40)29-26-15-22(6-8-27(26)36-37-29)23-14-21(16-32-17-23)19-38-12-10-20(3)11-13-38/h6-9,14-18,20,24H,4-5,10-13,19H2,1-3H3,(H,34,39)(H,35,40)(H,36,37). The first-order valence-corrected chi connectivity index (χ1v) is 14.2. The molecular formula is C31H37N7O2. The number of benzene rings is 1. The molecule has 0 unspecified atom stereocenters. The average Bonchev–Trinajstić information content (AvgIpc) is 3.41. The van der Waals surface area contributed by atoms with E-state index in [4.69, 9.17) is 0 Å². The van der Waals surface area contributed by atoms with Gasteiger partial charge in [-0.15, -0.1) is 0 Å². The Kier molecular flexibility index (Phi) is 8.50. The van der Waals surface area contributed by atoms with Gasteiger partial charge < -0.3 is 10.6 Å². The smallest absolute Gasteiger partial charge is 0.276 e. The van der Waals surface area contributed by atoms with Crippen LogP contribution in [0.4, 0.5) is 5.69 Å². The molecule has 0 atom stereocenters. The van der Waals surface area contributed by atoms with Crippen molar-refractivity contribution >= 4 is 28.4 Å². The number of rotatable bonds is 9. The Balaban J connectivity index is 1.29. The van der Waals surface area contributed by atoms with Crippen molar-refractivity contribution in [3.8, 4) is 11.1 Å². The van der Waals surface area contributed by atoms with Gasteiger partial charge in [0.15, 0.2) is 5.69 Å². The quantitative estimate of drug-likeness (QED) is 0.261. The number of hydrogen-bond donors (Lipinski definition) is 3. The summed E-state index contributed by atoms with van der Waals surface area (Å²) in [5.74, 6) is 0.224. The SMILES string of the molecule is CCC(CC)NC(=O)c1ccc(NC(=O)c2n[nH]c3ccc(-c4cncc(CN5CCC(C)CC5)c4)cc23)cn1. The maximum Gasteiger partial charge on any atom is 0.276 e. The van der Waals surface area contributed by atoms with Gasteiger partial charge in [0.1, 0.15) is 5.69 Å². The van der Waals surface area contributed by atoms with Crippen molar-refractivity contribution in [2.75, 3.05) is 18.4 Å². The highest BCUT2D eigenvalue weighted by molar-refractivity contribution is 6.11. The number of anilines is 1. The number of likely N-dealkylation sites (tertiary alicyclic amines) is 1. The first kappa shape index (κ1) is 27.5. The number of nitrogens with zero attached hydrogens (tertiary/aromatic N) is 4. The molecule has 0 radical (unpaired) electrons. The Morgan fingerprint density at radius 3 is 2.52 bits per heavy atom. The molecule has 0 saturated carbocycles. The van der Waals surface area contributed by atoms with Crippen molar-refractivity contribution in [2.24, 2.45) is 5.92 Å². The van der Waals surface area contributed by atoms with Gasteiger partial charge in [-0.2, -0.15) is 5.10 Å². The van der Waals surface area contributed by atoms with E-state index in [1.54, 1.807) is 12.1 Å². The fourth-order valence-electron chi connectivity index (χ4n) is 5.12. The minimum Gasteiger partial charge on any atom is -0.348 e. The molecule has 208 valence electrons. The van der Waals surface area contributed by atoms with E-state index in [1.807, 2.05) is 44.4 Å². The number of carbonyl (C=O) groups excluding carboxylic acids is 2. The van der Waals surface area contributed by atoms with Gasteiger partial charge in [-0.3, -0.25) is 24.6 Å². The topological polar surface area (TPSA) is 116 Å². The minimum absolute atomic E-state index is 0.114. The number of fused-ring (bicyclic) bond motifs is 1. The van der Waals surface area contributed by atoms with Gasteiger partial charge in [-0.05, 0) is 86.1 Å². The predicted molar refractivity (Wildman–Crippen MR) is 157 cm³/mol. The van der Waals surface area contributed by atoms with Gasteiger partial charge in [-0.25, -0.2) is 4.98 Å². The first-order chi connectivity index (χ1) is 19.4. The summed E-state index contributed by atoms with van der Waals surface area (Å²) in [6.45, 7) is 9.52. The molecule has 1 aromatic carbocycles. The summed E-state index contributed by atoms with van der Waals surface area (Å²) in [6, 6.07) is 11.5. The number of pyridine rings is 2. The third-order valence-corrected chi connectivity index (χ3v) is 7.76. The van der Waals surface area contributed by atoms with Gasteiger partial charge in [0.2, 0.25) is 0 Å². The van der Waals surface area contributed by atoms with Gasteiger partial charge in [0, 0.05) is 35.9 Å². The van der Waals surface area contributed by atoms with Gasteiger partial charge in [-0.1, -0.05) is 26.8 Å². The summed E-state index contributed by atoms with van der Waals surface area (Å²) >= 11 is 0. The minimum atomic E-state index is -0.356. The maximum atomic E-state index is 13.2. The summed E-state index contributed by atoms with van der Waals surface area (Å²) in [5, 5.41) is 13.8. The number of amides is 2. The summed E-state index contributed by atoms with van der Waals surface area (Å²) in [7, 11) is 0. The van der Waals surface area contributed by atoms with Crippen LogP contribution in [0.15, 0.2) is 55.0 Å². The number of aromatic nitrogens is 4. The van der Waals surface area contributed by atoms with Crippen LogP contribution in [-0.2, 0) is 6.54 Å². The number of nitrogens with one attached hydrogen (secondary N) is 3. The normalized spacial score (nSPS) is 14.5. The molecule has 2 amide bonds. The van der Waals surface area contributed by atoms with Crippen molar-refractivity contribution in [1.82, 2.24) is 30.4 Å². The van der Waals surface area contributed by atoms with Gasteiger partial charge in [0.05, 0.1) is 17.4 Å². The van der Waals surface area contributed by atoms with Crippen LogP contribution in [0.2, 0.25) is 0 Å². The summed E-state index contributed by atoms with van der Waals surface area (Å²) in [6.07, 6.45) is 9.47. The Morgan fingerprint density at radius 2 is 1.80 bits per heavy atom. The number of hydrogen-bond acceptors (Lipinski definition) is 6. The molecule has 1 saturated heterocycles. The molecule has 3 aromatic heterocycles. The van der Waals surface area contributed by atoms with E-state index in [2.05, 4.69) is 48.7 Å². The van der Waals surface area contributed by atoms with E-state index < -0.39 is 0 Å². The fraction of sp³-hybridized carbons (Fsp3) is 0.387. The predicted octanol–water partition coefficient (Wildman–Crippen LogP) is 5.42. The highest BCUT2D eigenvalue weighted by atomic mass is 16.2. The number of aromatic amines is 1. The first-order valence-electron chi connectivity index (χ1n) is 14.2. The second-order valence-electron chi connectivity index (χ2n) is 10.7. The molecule has 3 N–H and O–H groups in total. The average molecular weight is 540 g/mol. The molecule has 0 bridgehead atoms. The third kappa shape index (κ3) is 6.37. The van der Waals surface area contributed by atoms with Crippen LogP contribution in [-0.4, -0.2) is 56.0 Å². The molecule has 4 aromatic rings. The number of H-pyrrole nitrogens is 1. The largest absolute Gasteiger partial charge is 0.348 e. The van der Waals surface area contributed by atoms with Gasteiger partial charge >= 0.3 is 0 Å². The Hall–Kier alpha value is -4.11. The summed E-state index contributed by atoms with van der Waals surface area (Å²) in [4.78, 5) is 36.8. The zero-order chi connectivity index (χ0) is 28.1. The van der Waals surface area contributed by atoms with E-state index in [1.165, 1.54) is 24.6 Å². The van der Waals surface area contributed by atoms with Gasteiger partial charge in [0.25, 0.3) is 11.8 Å². The maximum absolute atomic E-state index is 13.2. The molecule has 40 heavy (non-hydrogen) atoms. The lowest BCUT2D eigenvalue weighted by molar-refractivity contribution is 0.0929. The van der Waals surface area contributed by atoms with Crippen molar-refractivity contribution < 1.29 is 9.59 Å².